The second kappa shape index (κ2) is 18.0. The number of hydrogen-bond donors (Lipinski definition) is 1. The molecule has 0 heterocycles. The molecule has 1 N–H and O–H groups in total. The summed E-state index contributed by atoms with van der Waals surface area (Å²) in [5, 5.41) is 0. The first-order chi connectivity index (χ1) is 14.6. The van der Waals surface area contributed by atoms with E-state index in [0.29, 0.717) is 17.6 Å². The summed E-state index contributed by atoms with van der Waals surface area (Å²) in [6.45, 7) is 5.00. The minimum Gasteiger partial charge on any atom is -0.457 e. The zero-order chi connectivity index (χ0) is 23.6. The first-order valence-electron chi connectivity index (χ1n) is 11.8. The molecule has 0 aromatic rings. The van der Waals surface area contributed by atoms with Gasteiger partial charge in [0.2, 0.25) is 0 Å². The Morgan fingerprint density at radius 3 is 2.00 bits per heavy atom. The molecule has 0 spiro atoms. The second-order valence-corrected chi connectivity index (χ2v) is 10.4. The van der Waals surface area contributed by atoms with Gasteiger partial charge in [-0.15, -0.1) is 0 Å². The van der Waals surface area contributed by atoms with E-state index >= 15 is 0 Å². The smallest absolute Gasteiger partial charge is 0.457 e. The van der Waals surface area contributed by atoms with Gasteiger partial charge in [0.1, 0.15) is 19.3 Å². The number of unbranched alkanes of at least 4 members (excludes halogenated alkanes) is 8. The highest BCUT2D eigenvalue weighted by molar-refractivity contribution is 7.47. The number of carbonyl (C=O) groups is 1. The van der Waals surface area contributed by atoms with Crippen LogP contribution in [0.1, 0.15) is 78.1 Å². The highest BCUT2D eigenvalue weighted by atomic mass is 31.2. The van der Waals surface area contributed by atoms with Gasteiger partial charge in [0.25, 0.3) is 0 Å². The predicted molar refractivity (Wildman–Crippen MR) is 123 cm³/mol. The number of ether oxygens (including phenoxy) is 2. The Labute approximate surface area is 189 Å². The van der Waals surface area contributed by atoms with Gasteiger partial charge < -0.3 is 18.9 Å². The van der Waals surface area contributed by atoms with Crippen LogP contribution in [0.15, 0.2) is 0 Å². The Morgan fingerprint density at radius 2 is 1.45 bits per heavy atom. The van der Waals surface area contributed by atoms with Gasteiger partial charge in [0.15, 0.2) is 0 Å². The van der Waals surface area contributed by atoms with Crippen molar-refractivity contribution in [3.8, 4) is 0 Å². The summed E-state index contributed by atoms with van der Waals surface area (Å²) < 4.78 is 33.5. The molecule has 2 atom stereocenters. The van der Waals surface area contributed by atoms with Crippen LogP contribution < -0.4 is 0 Å². The lowest BCUT2D eigenvalue weighted by Gasteiger charge is -2.24. The van der Waals surface area contributed by atoms with E-state index in [1.54, 1.807) is 6.92 Å². The molecule has 0 amide bonds. The fourth-order valence-corrected chi connectivity index (χ4v) is 3.50. The van der Waals surface area contributed by atoms with Crippen molar-refractivity contribution in [1.82, 2.24) is 0 Å². The lowest BCUT2D eigenvalue weighted by Crippen LogP contribution is -2.37. The third-order valence-electron chi connectivity index (χ3n) is 4.72. The Hall–Kier alpha value is -0.500. The number of likely N-dealkylation sites (N-methyl/N-ethyl adjacent to an activating group) is 1. The average molecular weight is 469 g/mol. The number of quaternary nitrogens is 1. The van der Waals surface area contributed by atoms with Crippen LogP contribution in [0.25, 0.3) is 0 Å². The van der Waals surface area contributed by atoms with E-state index in [2.05, 4.69) is 6.92 Å². The zero-order valence-electron chi connectivity index (χ0n) is 20.5. The maximum Gasteiger partial charge on any atom is 0.472 e. The molecule has 0 aliphatic rings. The van der Waals surface area contributed by atoms with Crippen LogP contribution in [0.4, 0.5) is 0 Å². The highest BCUT2D eigenvalue weighted by Gasteiger charge is 2.26. The van der Waals surface area contributed by atoms with Gasteiger partial charge in [-0.3, -0.25) is 13.8 Å². The van der Waals surface area contributed by atoms with E-state index in [1.165, 1.54) is 44.9 Å². The second-order valence-electron chi connectivity index (χ2n) is 8.98. The van der Waals surface area contributed by atoms with Crippen molar-refractivity contribution < 1.29 is 37.3 Å². The molecule has 0 aliphatic heterocycles. The number of carbonyl (C=O) groups excluding carboxylic acids is 1. The first kappa shape index (κ1) is 30.5. The van der Waals surface area contributed by atoms with Crippen LogP contribution in [-0.4, -0.2) is 75.6 Å². The summed E-state index contributed by atoms with van der Waals surface area (Å²) in [6.07, 6.45) is 10.5. The molecule has 0 saturated heterocycles. The van der Waals surface area contributed by atoms with E-state index in [-0.39, 0.29) is 26.2 Å². The summed E-state index contributed by atoms with van der Waals surface area (Å²) in [4.78, 5) is 21.5. The lowest BCUT2D eigenvalue weighted by molar-refractivity contribution is -0.870. The summed E-state index contributed by atoms with van der Waals surface area (Å²) in [6, 6.07) is 0. The molecule has 0 bridgehead atoms. The molecule has 31 heavy (non-hydrogen) atoms. The predicted octanol–water partition coefficient (Wildman–Crippen LogP) is 4.70. The van der Waals surface area contributed by atoms with Crippen LogP contribution in [0.3, 0.4) is 0 Å². The van der Waals surface area contributed by atoms with Crippen molar-refractivity contribution in [2.75, 3.05) is 54.1 Å². The van der Waals surface area contributed by atoms with E-state index in [9.17, 15) is 14.3 Å². The summed E-state index contributed by atoms with van der Waals surface area (Å²) in [5.41, 5.74) is 0. The number of phosphoric acid groups is 1. The Balaban J connectivity index is 4.09. The van der Waals surface area contributed by atoms with Crippen molar-refractivity contribution in [2.45, 2.75) is 84.2 Å². The van der Waals surface area contributed by atoms with Crippen LogP contribution in [-0.2, 0) is 27.9 Å². The molecule has 0 radical (unpaired) electrons. The standard InChI is InChI=1S/C22H46NO7P/c1-6-8-9-10-11-12-13-14-15-17-27-19-21(30-22(24)7-2)20-29-31(25,26)28-18-16-23(3,4)5/h21H,6-20H2,1-5H3/p+1. The van der Waals surface area contributed by atoms with Crippen molar-refractivity contribution in [2.24, 2.45) is 0 Å². The van der Waals surface area contributed by atoms with Gasteiger partial charge in [0.05, 0.1) is 34.4 Å². The minimum atomic E-state index is -4.21. The summed E-state index contributed by atoms with van der Waals surface area (Å²) >= 11 is 0. The van der Waals surface area contributed by atoms with Gasteiger partial charge in [-0.25, -0.2) is 4.57 Å². The van der Waals surface area contributed by atoms with E-state index in [4.69, 9.17) is 18.5 Å². The maximum atomic E-state index is 12.0. The third kappa shape index (κ3) is 21.1. The summed E-state index contributed by atoms with van der Waals surface area (Å²) in [5.74, 6) is -0.404. The third-order valence-corrected chi connectivity index (χ3v) is 5.71. The lowest BCUT2D eigenvalue weighted by atomic mass is 10.1. The Morgan fingerprint density at radius 1 is 0.871 bits per heavy atom. The Kier molecular flexibility index (Phi) is 17.7. The number of phosphoric ester groups is 1. The number of hydrogen-bond acceptors (Lipinski definition) is 6. The highest BCUT2D eigenvalue weighted by Crippen LogP contribution is 2.43. The first-order valence-corrected chi connectivity index (χ1v) is 13.3. The van der Waals surface area contributed by atoms with Crippen LogP contribution in [0.5, 0.6) is 0 Å². The molecule has 0 rings (SSSR count). The summed E-state index contributed by atoms with van der Waals surface area (Å²) in [7, 11) is 1.66. The molecular formula is C22H47NO7P+. The quantitative estimate of drug-likeness (QED) is 0.113. The molecule has 0 aromatic carbocycles. The fraction of sp³-hybridized carbons (Fsp3) is 0.955. The van der Waals surface area contributed by atoms with E-state index < -0.39 is 19.9 Å². The normalized spacial score (nSPS) is 14.9. The minimum absolute atomic E-state index is 0.0891. The van der Waals surface area contributed by atoms with Crippen LogP contribution in [0, 0.1) is 0 Å². The van der Waals surface area contributed by atoms with Crippen molar-refractivity contribution in [3.05, 3.63) is 0 Å². The van der Waals surface area contributed by atoms with Gasteiger partial charge in [-0.1, -0.05) is 65.2 Å². The largest absolute Gasteiger partial charge is 0.472 e. The van der Waals surface area contributed by atoms with Crippen molar-refractivity contribution in [1.29, 1.82) is 0 Å². The monoisotopic (exact) mass is 468 g/mol. The van der Waals surface area contributed by atoms with Crippen LogP contribution in [0.2, 0.25) is 0 Å². The maximum absolute atomic E-state index is 12.0. The zero-order valence-corrected chi connectivity index (χ0v) is 21.4. The van der Waals surface area contributed by atoms with Gasteiger partial charge in [0, 0.05) is 13.0 Å². The SMILES string of the molecule is CCCCCCCCCCCOCC(COP(=O)(O)OCC[N+](C)(C)C)OC(=O)CC. The van der Waals surface area contributed by atoms with E-state index in [1.807, 2.05) is 21.1 Å². The number of rotatable bonds is 21. The van der Waals surface area contributed by atoms with Crippen molar-refractivity contribution >= 4 is 13.8 Å². The fourth-order valence-electron chi connectivity index (χ4n) is 2.76. The number of nitrogens with zero attached hydrogens (tertiary/aromatic N) is 1. The molecule has 8 nitrogen and oxygen atoms in total. The molecule has 0 aromatic heterocycles. The molecule has 0 aliphatic carbocycles. The molecule has 2 unspecified atom stereocenters. The molecule has 0 saturated carbocycles. The number of esters is 1. The van der Waals surface area contributed by atoms with Gasteiger partial charge >= 0.3 is 13.8 Å². The van der Waals surface area contributed by atoms with Crippen LogP contribution >= 0.6 is 7.82 Å². The van der Waals surface area contributed by atoms with Gasteiger partial charge in [-0.2, -0.15) is 0 Å². The van der Waals surface area contributed by atoms with Crippen molar-refractivity contribution in [3.63, 3.8) is 0 Å². The topological polar surface area (TPSA) is 91.3 Å². The average Bonchev–Trinajstić information content (AvgIpc) is 2.68. The Bertz CT molecular complexity index is 497. The van der Waals surface area contributed by atoms with E-state index in [0.717, 1.165) is 12.8 Å². The molecule has 9 heteroatoms. The van der Waals surface area contributed by atoms with Gasteiger partial charge in [-0.05, 0) is 6.42 Å². The molecular weight excluding hydrogens is 421 g/mol. The molecule has 0 fully saturated rings. The molecule has 186 valence electrons.